The SMILES string of the molecule is CC(C)(C)N1C2CCC13OC(=O)C(=O)OC3=C(c1nsc3ccc(O)cc13)C2. The summed E-state index contributed by atoms with van der Waals surface area (Å²) in [4.78, 5) is 26.4. The van der Waals surface area contributed by atoms with Gasteiger partial charge in [0.2, 0.25) is 5.72 Å². The molecule has 2 unspecified atom stereocenters. The molecule has 0 saturated carbocycles. The number of benzene rings is 1. The molecule has 1 spiro atoms. The molecule has 2 atom stereocenters. The molecule has 2 bridgehead atoms. The Morgan fingerprint density at radius 2 is 2.07 bits per heavy atom. The van der Waals surface area contributed by atoms with Crippen LogP contribution in [-0.4, -0.2) is 43.6 Å². The Balaban J connectivity index is 1.77. The summed E-state index contributed by atoms with van der Waals surface area (Å²) < 4.78 is 16.9. The molecule has 2 aromatic rings. The maximum absolute atomic E-state index is 12.2. The smallest absolute Gasteiger partial charge is 0.422 e. The summed E-state index contributed by atoms with van der Waals surface area (Å²) in [5.74, 6) is -1.44. The predicted molar refractivity (Wildman–Crippen MR) is 102 cm³/mol. The predicted octanol–water partition coefficient (Wildman–Crippen LogP) is 3.18. The van der Waals surface area contributed by atoms with E-state index < -0.39 is 17.7 Å². The largest absolute Gasteiger partial charge is 0.508 e. The van der Waals surface area contributed by atoms with Gasteiger partial charge in [-0.15, -0.1) is 0 Å². The van der Waals surface area contributed by atoms with Gasteiger partial charge in [-0.2, -0.15) is 4.37 Å². The minimum absolute atomic E-state index is 0.136. The molecule has 2 saturated heterocycles. The van der Waals surface area contributed by atoms with Crippen LogP contribution in [0.15, 0.2) is 24.0 Å². The van der Waals surface area contributed by atoms with Gasteiger partial charge in [0.25, 0.3) is 0 Å². The number of carbonyl (C=O) groups is 2. The van der Waals surface area contributed by atoms with Gasteiger partial charge < -0.3 is 14.6 Å². The molecule has 8 heteroatoms. The van der Waals surface area contributed by atoms with E-state index in [-0.39, 0.29) is 17.3 Å². The van der Waals surface area contributed by atoms with Crippen molar-refractivity contribution in [2.75, 3.05) is 0 Å². The fourth-order valence-electron chi connectivity index (χ4n) is 4.94. The zero-order chi connectivity index (χ0) is 19.8. The molecule has 28 heavy (non-hydrogen) atoms. The molecule has 1 aromatic carbocycles. The van der Waals surface area contributed by atoms with E-state index in [1.807, 2.05) is 6.07 Å². The van der Waals surface area contributed by atoms with E-state index in [9.17, 15) is 14.7 Å². The minimum Gasteiger partial charge on any atom is -0.508 e. The van der Waals surface area contributed by atoms with Crippen LogP contribution in [0.3, 0.4) is 0 Å². The van der Waals surface area contributed by atoms with Crippen LogP contribution < -0.4 is 0 Å². The van der Waals surface area contributed by atoms with Crippen molar-refractivity contribution >= 4 is 39.1 Å². The molecule has 3 aliphatic heterocycles. The second-order valence-corrected chi connectivity index (χ2v) is 9.33. The summed E-state index contributed by atoms with van der Waals surface area (Å²) in [7, 11) is 0. The van der Waals surface area contributed by atoms with Crippen LogP contribution in [0.1, 0.15) is 45.7 Å². The number of hydrogen-bond donors (Lipinski definition) is 1. The van der Waals surface area contributed by atoms with Gasteiger partial charge in [-0.05, 0) is 63.3 Å². The number of phenolic OH excluding ortho intramolecular Hbond substituents is 1. The van der Waals surface area contributed by atoms with Gasteiger partial charge in [0, 0.05) is 29.0 Å². The third kappa shape index (κ3) is 2.28. The zero-order valence-corrected chi connectivity index (χ0v) is 16.6. The maximum atomic E-state index is 12.2. The van der Waals surface area contributed by atoms with E-state index in [4.69, 9.17) is 9.47 Å². The number of nitrogens with zero attached hydrogens (tertiary/aromatic N) is 2. The van der Waals surface area contributed by atoms with Crippen molar-refractivity contribution in [1.29, 1.82) is 0 Å². The summed E-state index contributed by atoms with van der Waals surface area (Å²) >= 11 is 1.33. The topological polar surface area (TPSA) is 89.0 Å². The van der Waals surface area contributed by atoms with Crippen molar-refractivity contribution in [1.82, 2.24) is 9.27 Å². The third-order valence-corrected chi connectivity index (χ3v) is 6.55. The summed E-state index contributed by atoms with van der Waals surface area (Å²) in [5, 5.41) is 10.7. The van der Waals surface area contributed by atoms with Crippen LogP contribution in [0, 0.1) is 0 Å². The lowest BCUT2D eigenvalue weighted by Crippen LogP contribution is -2.64. The first-order valence-electron chi connectivity index (χ1n) is 9.28. The van der Waals surface area contributed by atoms with Gasteiger partial charge in [0.15, 0.2) is 5.76 Å². The molecule has 0 amide bonds. The zero-order valence-electron chi connectivity index (χ0n) is 15.8. The van der Waals surface area contributed by atoms with E-state index >= 15 is 0 Å². The Bertz CT molecular complexity index is 1070. The molecule has 3 aliphatic rings. The van der Waals surface area contributed by atoms with Crippen molar-refractivity contribution in [2.24, 2.45) is 0 Å². The number of ether oxygens (including phenoxy) is 2. The molecule has 1 aromatic heterocycles. The summed E-state index contributed by atoms with van der Waals surface area (Å²) in [6.45, 7) is 6.20. The fraction of sp³-hybridized carbons (Fsp3) is 0.450. The molecule has 7 nitrogen and oxygen atoms in total. The van der Waals surface area contributed by atoms with Crippen LogP contribution in [0.4, 0.5) is 0 Å². The van der Waals surface area contributed by atoms with Crippen molar-refractivity contribution in [3.8, 4) is 5.75 Å². The summed E-state index contributed by atoms with van der Waals surface area (Å²) in [6.07, 6.45) is 2.02. The molecule has 146 valence electrons. The number of carbonyl (C=O) groups excluding carboxylic acids is 2. The molecular weight excluding hydrogens is 380 g/mol. The molecular formula is C20H20N2O5S. The van der Waals surface area contributed by atoms with Crippen LogP contribution in [0.2, 0.25) is 0 Å². The molecule has 2 fully saturated rings. The Morgan fingerprint density at radius 1 is 1.29 bits per heavy atom. The van der Waals surface area contributed by atoms with Gasteiger partial charge in [-0.3, -0.25) is 4.90 Å². The van der Waals surface area contributed by atoms with Crippen LogP contribution >= 0.6 is 11.5 Å². The first kappa shape index (κ1) is 17.6. The van der Waals surface area contributed by atoms with Gasteiger partial charge in [-0.25, -0.2) is 9.59 Å². The van der Waals surface area contributed by atoms with E-state index in [0.29, 0.717) is 24.3 Å². The lowest BCUT2D eigenvalue weighted by atomic mass is 9.88. The molecule has 0 aliphatic carbocycles. The molecule has 0 radical (unpaired) electrons. The Kier molecular flexibility index (Phi) is 3.49. The monoisotopic (exact) mass is 400 g/mol. The van der Waals surface area contributed by atoms with E-state index in [0.717, 1.165) is 22.1 Å². The van der Waals surface area contributed by atoms with Crippen molar-refractivity contribution < 1.29 is 24.2 Å². The highest BCUT2D eigenvalue weighted by atomic mass is 32.1. The van der Waals surface area contributed by atoms with Gasteiger partial charge in [0.05, 0.1) is 10.4 Å². The lowest BCUT2D eigenvalue weighted by Gasteiger charge is -2.52. The number of esters is 2. The average Bonchev–Trinajstić information content (AvgIpc) is 3.14. The van der Waals surface area contributed by atoms with Gasteiger partial charge in [-0.1, -0.05) is 0 Å². The number of fused-ring (bicyclic) bond motifs is 2. The van der Waals surface area contributed by atoms with E-state index in [2.05, 4.69) is 30.0 Å². The quantitative estimate of drug-likeness (QED) is 0.581. The van der Waals surface area contributed by atoms with Crippen LogP contribution in [0.25, 0.3) is 15.7 Å². The Labute approximate surface area is 165 Å². The first-order valence-corrected chi connectivity index (χ1v) is 10.0. The molecule has 1 N–H and O–H groups in total. The van der Waals surface area contributed by atoms with Crippen LogP contribution in [0.5, 0.6) is 5.75 Å². The summed E-state index contributed by atoms with van der Waals surface area (Å²) in [5.41, 5.74) is 0.0840. The number of aromatic hydroxyl groups is 1. The first-order chi connectivity index (χ1) is 13.2. The summed E-state index contributed by atoms with van der Waals surface area (Å²) in [6, 6.07) is 5.25. The number of phenols is 1. The lowest BCUT2D eigenvalue weighted by molar-refractivity contribution is -0.216. The van der Waals surface area contributed by atoms with E-state index in [1.165, 1.54) is 11.5 Å². The standard InChI is InChI=1S/C20H20N2O5S/c1-19(2,3)22-10-6-7-20(22)16(26-17(24)18(25)27-20)13(8-10)15-12-9-11(23)4-5-14(12)28-21-15/h4-5,9-10,23H,6-8H2,1-3H3. The second-order valence-electron chi connectivity index (χ2n) is 8.52. The number of rotatable bonds is 1. The van der Waals surface area contributed by atoms with E-state index in [1.54, 1.807) is 12.1 Å². The highest BCUT2D eigenvalue weighted by Crippen LogP contribution is 2.55. The van der Waals surface area contributed by atoms with Crippen molar-refractivity contribution in [3.05, 3.63) is 29.7 Å². The van der Waals surface area contributed by atoms with Crippen LogP contribution in [-0.2, 0) is 19.1 Å². The third-order valence-electron chi connectivity index (χ3n) is 5.72. The highest BCUT2D eigenvalue weighted by molar-refractivity contribution is 7.13. The molecule has 4 heterocycles. The maximum Gasteiger partial charge on any atom is 0.422 e. The average molecular weight is 400 g/mol. The normalized spacial score (nSPS) is 27.8. The molecule has 5 rings (SSSR count). The van der Waals surface area contributed by atoms with Gasteiger partial charge in [0.1, 0.15) is 5.75 Å². The Morgan fingerprint density at radius 3 is 2.82 bits per heavy atom. The van der Waals surface area contributed by atoms with Crippen molar-refractivity contribution in [3.63, 3.8) is 0 Å². The van der Waals surface area contributed by atoms with Crippen molar-refractivity contribution in [2.45, 2.75) is 57.3 Å². The fourth-order valence-corrected chi connectivity index (χ4v) is 5.72. The number of hydrogen-bond acceptors (Lipinski definition) is 8. The minimum atomic E-state index is -1.09. The number of aromatic nitrogens is 1. The highest BCUT2D eigenvalue weighted by Gasteiger charge is 2.64. The Hall–Kier alpha value is -2.45. The second kappa shape index (κ2) is 5.55. The van der Waals surface area contributed by atoms with Gasteiger partial charge >= 0.3 is 11.9 Å².